The van der Waals surface area contributed by atoms with Crippen molar-refractivity contribution in [1.82, 2.24) is 0 Å². The fraction of sp³-hybridized carbons (Fsp3) is 0.667. The van der Waals surface area contributed by atoms with E-state index in [2.05, 4.69) is 9.53 Å². The van der Waals surface area contributed by atoms with Gasteiger partial charge < -0.3 is 15.0 Å². The van der Waals surface area contributed by atoms with Gasteiger partial charge in [-0.2, -0.15) is 4.79 Å². The SMILES string of the molecule is CCOC(=O)C(=[N+]=[N-])C(=O)OCC(C)C. The summed E-state index contributed by atoms with van der Waals surface area (Å²) < 4.78 is 9.19. The molecule has 0 radical (unpaired) electrons. The van der Waals surface area contributed by atoms with Crippen LogP contribution < -0.4 is 0 Å². The van der Waals surface area contributed by atoms with Gasteiger partial charge in [-0.1, -0.05) is 13.8 Å². The van der Waals surface area contributed by atoms with Crippen molar-refractivity contribution in [2.24, 2.45) is 5.92 Å². The molecule has 15 heavy (non-hydrogen) atoms. The minimum Gasteiger partial charge on any atom is -0.457 e. The van der Waals surface area contributed by atoms with Crippen molar-refractivity contribution >= 4 is 17.7 Å². The maximum atomic E-state index is 11.2. The van der Waals surface area contributed by atoms with Crippen LogP contribution in [0.3, 0.4) is 0 Å². The quantitative estimate of drug-likeness (QED) is 0.218. The summed E-state index contributed by atoms with van der Waals surface area (Å²) in [5.74, 6) is -1.84. The molecule has 0 aliphatic rings. The number of hydrogen-bond acceptors (Lipinski definition) is 4. The van der Waals surface area contributed by atoms with Gasteiger partial charge in [0.2, 0.25) is 0 Å². The van der Waals surface area contributed by atoms with Crippen LogP contribution in [0.25, 0.3) is 5.53 Å². The molecular weight excluding hydrogens is 200 g/mol. The molecule has 0 saturated heterocycles. The molecule has 0 aromatic rings. The lowest BCUT2D eigenvalue weighted by Gasteiger charge is -2.03. The van der Waals surface area contributed by atoms with Crippen molar-refractivity contribution in [2.75, 3.05) is 13.2 Å². The molecule has 6 heteroatoms. The molecule has 0 aliphatic heterocycles. The van der Waals surface area contributed by atoms with Crippen molar-refractivity contribution in [3.63, 3.8) is 0 Å². The molecule has 0 saturated carbocycles. The van der Waals surface area contributed by atoms with Gasteiger partial charge in [-0.25, -0.2) is 9.59 Å². The zero-order valence-corrected chi connectivity index (χ0v) is 9.02. The van der Waals surface area contributed by atoms with Crippen molar-refractivity contribution < 1.29 is 23.9 Å². The highest BCUT2D eigenvalue weighted by molar-refractivity contribution is 6.60. The molecule has 0 heterocycles. The van der Waals surface area contributed by atoms with Crippen LogP contribution in [-0.4, -0.2) is 35.7 Å². The first-order valence-electron chi connectivity index (χ1n) is 4.59. The summed E-state index contributed by atoms with van der Waals surface area (Å²) in [6, 6.07) is 0. The topological polar surface area (TPSA) is 89.0 Å². The van der Waals surface area contributed by atoms with E-state index in [0.29, 0.717) is 0 Å². The first kappa shape index (κ1) is 13.3. The largest absolute Gasteiger partial charge is 0.482 e. The van der Waals surface area contributed by atoms with E-state index in [0.717, 1.165) is 0 Å². The van der Waals surface area contributed by atoms with Gasteiger partial charge in [0.15, 0.2) is 0 Å². The first-order valence-corrected chi connectivity index (χ1v) is 4.59. The van der Waals surface area contributed by atoms with Gasteiger partial charge in [-0.3, -0.25) is 0 Å². The number of carbonyl (C=O) groups is 2. The second-order valence-electron chi connectivity index (χ2n) is 3.16. The van der Waals surface area contributed by atoms with Crippen molar-refractivity contribution in [3.8, 4) is 0 Å². The third-order valence-electron chi connectivity index (χ3n) is 1.31. The molecular formula is C9H14N2O4. The fourth-order valence-electron chi connectivity index (χ4n) is 0.675. The maximum Gasteiger partial charge on any atom is 0.482 e. The fourth-order valence-corrected chi connectivity index (χ4v) is 0.675. The minimum atomic E-state index is -0.992. The Morgan fingerprint density at radius 3 is 2.20 bits per heavy atom. The molecule has 0 aromatic heterocycles. The summed E-state index contributed by atoms with van der Waals surface area (Å²) >= 11 is 0. The molecule has 84 valence electrons. The van der Waals surface area contributed by atoms with Crippen LogP contribution in [0.5, 0.6) is 0 Å². The summed E-state index contributed by atoms with van der Waals surface area (Å²) in [5.41, 5.74) is 7.71. The van der Waals surface area contributed by atoms with Crippen LogP contribution in [0.2, 0.25) is 0 Å². The average molecular weight is 214 g/mol. The Morgan fingerprint density at radius 2 is 1.80 bits per heavy atom. The van der Waals surface area contributed by atoms with E-state index in [-0.39, 0.29) is 19.1 Å². The van der Waals surface area contributed by atoms with E-state index in [4.69, 9.17) is 10.3 Å². The zero-order valence-electron chi connectivity index (χ0n) is 9.02. The van der Waals surface area contributed by atoms with Crippen LogP contribution in [0.15, 0.2) is 0 Å². The Labute approximate surface area is 87.8 Å². The molecule has 0 N–H and O–H groups in total. The number of rotatable bonds is 5. The highest BCUT2D eigenvalue weighted by Crippen LogP contribution is 1.94. The van der Waals surface area contributed by atoms with Gasteiger partial charge in [0, 0.05) is 0 Å². The lowest BCUT2D eigenvalue weighted by Crippen LogP contribution is -2.30. The standard InChI is InChI=1S/C9H14N2O4/c1-4-14-8(12)7(11-10)9(13)15-5-6(2)3/h6H,4-5H2,1-3H3. The lowest BCUT2D eigenvalue weighted by atomic mass is 10.2. The second kappa shape index (κ2) is 6.73. The van der Waals surface area contributed by atoms with E-state index >= 15 is 0 Å². The molecule has 6 nitrogen and oxygen atoms in total. The summed E-state index contributed by atoms with van der Waals surface area (Å²) in [7, 11) is 0. The first-order chi connectivity index (χ1) is 7.02. The van der Waals surface area contributed by atoms with Gasteiger partial charge >= 0.3 is 17.7 Å². The summed E-state index contributed by atoms with van der Waals surface area (Å²) in [6.07, 6.45) is 0. The Bertz CT molecular complexity index is 292. The highest BCUT2D eigenvalue weighted by atomic mass is 16.6. The van der Waals surface area contributed by atoms with Crippen molar-refractivity contribution in [2.45, 2.75) is 20.8 Å². The second-order valence-corrected chi connectivity index (χ2v) is 3.16. The van der Waals surface area contributed by atoms with Gasteiger partial charge in [-0.15, -0.1) is 0 Å². The van der Waals surface area contributed by atoms with E-state index in [1.807, 2.05) is 13.8 Å². The van der Waals surface area contributed by atoms with E-state index in [9.17, 15) is 9.59 Å². The summed E-state index contributed by atoms with van der Waals surface area (Å²) in [6.45, 7) is 5.50. The molecule has 0 aliphatic carbocycles. The Hall–Kier alpha value is -1.68. The molecule has 0 spiro atoms. The summed E-state index contributed by atoms with van der Waals surface area (Å²) in [4.78, 5) is 24.8. The number of hydrogen-bond donors (Lipinski definition) is 0. The Balaban J connectivity index is 4.37. The van der Waals surface area contributed by atoms with Crippen molar-refractivity contribution in [1.29, 1.82) is 0 Å². The molecule has 0 bridgehead atoms. The predicted octanol–water partition coefficient (Wildman–Crippen LogP) is 0.419. The van der Waals surface area contributed by atoms with E-state index in [1.165, 1.54) is 0 Å². The van der Waals surface area contributed by atoms with Crippen LogP contribution in [0.4, 0.5) is 0 Å². The monoisotopic (exact) mass is 214 g/mol. The molecule has 0 atom stereocenters. The maximum absolute atomic E-state index is 11.2. The normalized spacial score (nSPS) is 9.33. The molecule has 0 rings (SSSR count). The lowest BCUT2D eigenvalue weighted by molar-refractivity contribution is -0.149. The molecule has 0 unspecified atom stereocenters. The zero-order chi connectivity index (χ0) is 11.8. The van der Waals surface area contributed by atoms with Gasteiger partial charge in [0.1, 0.15) is 0 Å². The predicted molar refractivity (Wildman–Crippen MR) is 51.1 cm³/mol. The van der Waals surface area contributed by atoms with Crippen LogP contribution in [0, 0.1) is 5.92 Å². The van der Waals surface area contributed by atoms with Crippen LogP contribution >= 0.6 is 0 Å². The number of esters is 2. The number of carbonyl (C=O) groups excluding carboxylic acids is 2. The Morgan fingerprint density at radius 1 is 1.27 bits per heavy atom. The third-order valence-corrected chi connectivity index (χ3v) is 1.31. The molecule has 0 aromatic carbocycles. The molecule has 0 fully saturated rings. The number of ether oxygens (including phenoxy) is 2. The smallest absolute Gasteiger partial charge is 0.457 e. The minimum absolute atomic E-state index is 0.0926. The highest BCUT2D eigenvalue weighted by Gasteiger charge is 2.33. The summed E-state index contributed by atoms with van der Waals surface area (Å²) in [5, 5.41) is 0. The van der Waals surface area contributed by atoms with E-state index in [1.54, 1.807) is 6.92 Å². The third kappa shape index (κ3) is 4.93. The average Bonchev–Trinajstić information content (AvgIpc) is 2.16. The van der Waals surface area contributed by atoms with Gasteiger partial charge in [-0.05, 0) is 12.8 Å². The Kier molecular flexibility index (Phi) is 5.97. The van der Waals surface area contributed by atoms with Gasteiger partial charge in [0.25, 0.3) is 0 Å². The number of nitrogens with zero attached hydrogens (tertiary/aromatic N) is 2. The van der Waals surface area contributed by atoms with Crippen molar-refractivity contribution in [3.05, 3.63) is 5.53 Å². The van der Waals surface area contributed by atoms with Gasteiger partial charge in [0.05, 0.1) is 13.2 Å². The van der Waals surface area contributed by atoms with E-state index < -0.39 is 17.7 Å². The van der Waals surface area contributed by atoms with Crippen LogP contribution in [0.1, 0.15) is 20.8 Å². The van der Waals surface area contributed by atoms with Crippen LogP contribution in [-0.2, 0) is 19.1 Å². The molecule has 0 amide bonds.